The lowest BCUT2D eigenvalue weighted by atomic mass is 9.73. The Labute approximate surface area is 210 Å². The molecular formula is C28H21F3N2O4. The Hall–Kier alpha value is -4.53. The van der Waals surface area contributed by atoms with Gasteiger partial charge < -0.3 is 5.32 Å². The molecule has 188 valence electrons. The molecule has 0 saturated heterocycles. The van der Waals surface area contributed by atoms with Crippen LogP contribution in [0.1, 0.15) is 44.7 Å². The Balaban J connectivity index is 2.00. The molecule has 0 aromatic heterocycles. The average Bonchev–Trinajstić information content (AvgIpc) is 2.88. The fourth-order valence-electron chi connectivity index (χ4n) is 4.56. The lowest BCUT2D eigenvalue weighted by Gasteiger charge is -2.34. The van der Waals surface area contributed by atoms with E-state index in [1.165, 1.54) is 31.2 Å². The smallest absolute Gasteiger partial charge is 0.356 e. The Morgan fingerprint density at radius 1 is 0.892 bits per heavy atom. The Morgan fingerprint density at radius 3 is 2.00 bits per heavy atom. The second-order valence-electron chi connectivity index (χ2n) is 8.49. The van der Waals surface area contributed by atoms with Gasteiger partial charge in [-0.05, 0) is 18.6 Å². The zero-order valence-electron chi connectivity index (χ0n) is 19.5. The third kappa shape index (κ3) is 5.20. The molecule has 0 aliphatic carbocycles. The van der Waals surface area contributed by atoms with Crippen LogP contribution in [0.5, 0.6) is 0 Å². The van der Waals surface area contributed by atoms with E-state index in [4.69, 9.17) is 0 Å². The third-order valence-corrected chi connectivity index (χ3v) is 6.16. The lowest BCUT2D eigenvalue weighted by molar-refractivity contribution is -0.433. The summed E-state index contributed by atoms with van der Waals surface area (Å²) in [5, 5.41) is 15.0. The molecule has 37 heavy (non-hydrogen) atoms. The molecule has 0 spiro atoms. The molecule has 2 atom stereocenters. The number of hydrogen-bond acceptors (Lipinski definition) is 5. The van der Waals surface area contributed by atoms with Crippen LogP contribution in [0.15, 0.2) is 108 Å². The first kappa shape index (κ1) is 25.6. The van der Waals surface area contributed by atoms with Crippen LogP contribution in [0.2, 0.25) is 0 Å². The number of nitrogens with one attached hydrogen (secondary N) is 1. The molecule has 0 fully saturated rings. The van der Waals surface area contributed by atoms with Gasteiger partial charge >= 0.3 is 6.18 Å². The van der Waals surface area contributed by atoms with Gasteiger partial charge in [0.1, 0.15) is 0 Å². The van der Waals surface area contributed by atoms with Crippen molar-refractivity contribution in [3.63, 3.8) is 0 Å². The molecule has 6 nitrogen and oxygen atoms in total. The van der Waals surface area contributed by atoms with E-state index in [1.54, 1.807) is 48.5 Å². The number of allylic oxidation sites excluding steroid dienone is 4. The predicted octanol–water partition coefficient (Wildman–Crippen LogP) is 6.17. The maximum atomic E-state index is 14.1. The highest BCUT2D eigenvalue weighted by molar-refractivity contribution is 6.07. The highest BCUT2D eigenvalue weighted by Crippen LogP contribution is 2.46. The van der Waals surface area contributed by atoms with Crippen LogP contribution in [0.25, 0.3) is 0 Å². The molecule has 1 aliphatic rings. The third-order valence-electron chi connectivity index (χ3n) is 6.16. The zero-order chi connectivity index (χ0) is 26.7. The zero-order valence-corrected chi connectivity index (χ0v) is 19.5. The van der Waals surface area contributed by atoms with Crippen molar-refractivity contribution in [2.45, 2.75) is 19.0 Å². The van der Waals surface area contributed by atoms with Crippen molar-refractivity contribution in [1.29, 1.82) is 0 Å². The Morgan fingerprint density at radius 2 is 1.43 bits per heavy atom. The fraction of sp³-hybridized carbons (Fsp3) is 0.143. The van der Waals surface area contributed by atoms with Gasteiger partial charge in [-0.3, -0.25) is 19.7 Å². The molecule has 3 aromatic rings. The number of nitro groups is 1. The quantitative estimate of drug-likeness (QED) is 0.187. The fourth-order valence-corrected chi connectivity index (χ4v) is 4.56. The Kier molecular flexibility index (Phi) is 7.06. The number of alkyl halides is 3. The summed E-state index contributed by atoms with van der Waals surface area (Å²) in [7, 11) is 0. The first-order valence-electron chi connectivity index (χ1n) is 11.3. The van der Waals surface area contributed by atoms with Gasteiger partial charge in [0, 0.05) is 22.9 Å². The maximum absolute atomic E-state index is 14.1. The van der Waals surface area contributed by atoms with E-state index < -0.39 is 51.3 Å². The van der Waals surface area contributed by atoms with Crippen molar-refractivity contribution in [3.8, 4) is 0 Å². The summed E-state index contributed by atoms with van der Waals surface area (Å²) in [6.07, 6.45) is -3.70. The van der Waals surface area contributed by atoms with E-state index >= 15 is 0 Å². The van der Waals surface area contributed by atoms with Crippen LogP contribution in [0, 0.1) is 16.0 Å². The van der Waals surface area contributed by atoms with Gasteiger partial charge in [-0.25, -0.2) is 0 Å². The summed E-state index contributed by atoms with van der Waals surface area (Å²) in [6.45, 7) is 1.34. The number of benzene rings is 3. The summed E-state index contributed by atoms with van der Waals surface area (Å²) < 4.78 is 42.2. The summed E-state index contributed by atoms with van der Waals surface area (Å²) >= 11 is 0. The van der Waals surface area contributed by atoms with Crippen molar-refractivity contribution >= 4 is 11.6 Å². The maximum Gasteiger partial charge on any atom is 0.416 e. The van der Waals surface area contributed by atoms with Gasteiger partial charge in [-0.1, -0.05) is 78.9 Å². The van der Waals surface area contributed by atoms with Gasteiger partial charge in [-0.15, -0.1) is 0 Å². The normalized spacial score (nSPS) is 18.9. The van der Waals surface area contributed by atoms with Crippen LogP contribution in [-0.4, -0.2) is 16.5 Å². The molecule has 0 amide bonds. The van der Waals surface area contributed by atoms with E-state index in [1.807, 2.05) is 0 Å². The van der Waals surface area contributed by atoms with Gasteiger partial charge in [0.15, 0.2) is 11.6 Å². The van der Waals surface area contributed by atoms with E-state index in [0.717, 1.165) is 18.2 Å². The second kappa shape index (κ2) is 10.2. The first-order chi connectivity index (χ1) is 17.6. The summed E-state index contributed by atoms with van der Waals surface area (Å²) in [5.74, 6) is -4.28. The largest absolute Gasteiger partial charge is 0.416 e. The number of rotatable bonds is 6. The van der Waals surface area contributed by atoms with Gasteiger partial charge in [-0.2, -0.15) is 13.2 Å². The van der Waals surface area contributed by atoms with E-state index in [2.05, 4.69) is 5.32 Å². The number of ketones is 2. The number of carbonyl (C=O) groups is 2. The second-order valence-corrected chi connectivity index (χ2v) is 8.49. The van der Waals surface area contributed by atoms with Crippen LogP contribution in [0.4, 0.5) is 13.2 Å². The number of Topliss-reactive ketones (excluding diaryl/α,β-unsaturated/α-hetero) is 1. The van der Waals surface area contributed by atoms with Crippen molar-refractivity contribution in [2.24, 2.45) is 5.92 Å². The average molecular weight is 506 g/mol. The SMILES string of the molecule is CC1=C([N+](=O)[O-])[C@@H](c2ccccc2C(F)(F)F)[C@H](C(=O)c2ccccc2)C(=CC(=O)c2ccccc2)N1. The minimum absolute atomic E-state index is 0.0206. The van der Waals surface area contributed by atoms with Crippen LogP contribution in [0.3, 0.4) is 0 Å². The van der Waals surface area contributed by atoms with E-state index in [9.17, 15) is 32.9 Å². The van der Waals surface area contributed by atoms with E-state index in [0.29, 0.717) is 0 Å². The minimum atomic E-state index is -4.83. The van der Waals surface area contributed by atoms with Crippen LogP contribution < -0.4 is 5.32 Å². The van der Waals surface area contributed by atoms with Crippen LogP contribution in [-0.2, 0) is 6.18 Å². The molecule has 4 rings (SSSR count). The molecule has 3 aromatic carbocycles. The Bertz CT molecular complexity index is 1410. The molecule has 9 heteroatoms. The standard InChI is InChI=1S/C28H21F3N2O4/c1-17-26(33(36)37)24(20-14-8-9-15-21(20)28(29,30)31)25(27(35)19-12-6-3-7-13-19)22(32-17)16-23(34)18-10-4-2-5-11-18/h2-16,24-25,32H,1H3/t24-,25+/m0/s1. The molecule has 1 aliphatic heterocycles. The van der Waals surface area contributed by atoms with Crippen LogP contribution >= 0.6 is 0 Å². The summed E-state index contributed by atoms with van der Waals surface area (Å²) in [6, 6.07) is 20.4. The van der Waals surface area contributed by atoms with Crippen molar-refractivity contribution in [3.05, 3.63) is 140 Å². The molecule has 0 bridgehead atoms. The van der Waals surface area contributed by atoms with Gasteiger partial charge in [0.25, 0.3) is 5.70 Å². The topological polar surface area (TPSA) is 89.3 Å². The van der Waals surface area contributed by atoms with Crippen molar-refractivity contribution < 1.29 is 27.7 Å². The van der Waals surface area contributed by atoms with E-state index in [-0.39, 0.29) is 22.5 Å². The molecule has 0 saturated carbocycles. The molecule has 1 N–H and O–H groups in total. The summed E-state index contributed by atoms with van der Waals surface area (Å²) in [4.78, 5) is 38.3. The molecule has 0 unspecified atom stereocenters. The molecule has 1 heterocycles. The van der Waals surface area contributed by atoms with Crippen molar-refractivity contribution in [1.82, 2.24) is 5.32 Å². The van der Waals surface area contributed by atoms with Gasteiger partial charge in [0.05, 0.1) is 28.0 Å². The number of nitrogens with zero attached hydrogens (tertiary/aromatic N) is 1. The van der Waals surface area contributed by atoms with Crippen molar-refractivity contribution in [2.75, 3.05) is 0 Å². The highest BCUT2D eigenvalue weighted by Gasteiger charge is 2.49. The highest BCUT2D eigenvalue weighted by atomic mass is 19.4. The lowest BCUT2D eigenvalue weighted by Crippen LogP contribution is -2.40. The summed E-state index contributed by atoms with van der Waals surface area (Å²) in [5.41, 5.74) is -1.73. The number of carbonyl (C=O) groups excluding carboxylic acids is 2. The minimum Gasteiger partial charge on any atom is -0.356 e. The number of hydrogen-bond donors (Lipinski definition) is 1. The first-order valence-corrected chi connectivity index (χ1v) is 11.3. The molecular weight excluding hydrogens is 485 g/mol. The predicted molar refractivity (Wildman–Crippen MR) is 130 cm³/mol. The number of halogens is 3. The molecule has 0 radical (unpaired) electrons. The van der Waals surface area contributed by atoms with Gasteiger partial charge in [0.2, 0.25) is 0 Å². The monoisotopic (exact) mass is 506 g/mol.